The van der Waals surface area contributed by atoms with Crippen LogP contribution < -0.4 is 0 Å². The minimum absolute atomic E-state index is 0.0178. The van der Waals surface area contributed by atoms with Crippen LogP contribution in [-0.4, -0.2) is 35.2 Å². The SMILES string of the molecule is CCOC(=O)[C@@H]1C[C@H](C)N(C(=O)OCc2ccccc2)C12CCCC2. The predicted molar refractivity (Wildman–Crippen MR) is 93.9 cm³/mol. The number of esters is 1. The lowest BCUT2D eigenvalue weighted by atomic mass is 9.83. The lowest BCUT2D eigenvalue weighted by Gasteiger charge is -2.39. The minimum atomic E-state index is -0.431. The quantitative estimate of drug-likeness (QED) is 0.777. The van der Waals surface area contributed by atoms with Crippen molar-refractivity contribution in [3.05, 3.63) is 35.9 Å². The monoisotopic (exact) mass is 345 g/mol. The van der Waals surface area contributed by atoms with Gasteiger partial charge >= 0.3 is 12.1 Å². The van der Waals surface area contributed by atoms with E-state index in [9.17, 15) is 9.59 Å². The molecule has 1 aromatic rings. The van der Waals surface area contributed by atoms with Crippen molar-refractivity contribution in [2.75, 3.05) is 6.61 Å². The average molecular weight is 345 g/mol. The molecule has 0 aromatic heterocycles. The maximum Gasteiger partial charge on any atom is 0.410 e. The molecule has 1 amide bonds. The average Bonchev–Trinajstić information content (AvgIpc) is 3.20. The van der Waals surface area contributed by atoms with Gasteiger partial charge in [-0.05, 0) is 38.7 Å². The molecule has 1 aliphatic heterocycles. The number of hydrogen-bond donors (Lipinski definition) is 0. The number of benzene rings is 1. The molecule has 0 radical (unpaired) electrons. The lowest BCUT2D eigenvalue weighted by Crippen LogP contribution is -2.52. The fourth-order valence-corrected chi connectivity index (χ4v) is 4.56. The molecule has 0 N–H and O–H groups in total. The van der Waals surface area contributed by atoms with Crippen LogP contribution in [0.3, 0.4) is 0 Å². The number of rotatable bonds is 4. The second kappa shape index (κ2) is 7.46. The lowest BCUT2D eigenvalue weighted by molar-refractivity contribution is -0.151. The zero-order chi connectivity index (χ0) is 17.9. The van der Waals surface area contributed by atoms with Crippen molar-refractivity contribution in [2.45, 2.75) is 64.1 Å². The van der Waals surface area contributed by atoms with Gasteiger partial charge in [0.25, 0.3) is 0 Å². The Labute approximate surface area is 149 Å². The van der Waals surface area contributed by atoms with Crippen molar-refractivity contribution >= 4 is 12.1 Å². The van der Waals surface area contributed by atoms with Crippen LogP contribution >= 0.6 is 0 Å². The number of carbonyl (C=O) groups excluding carboxylic acids is 2. The molecule has 1 saturated carbocycles. The Balaban J connectivity index is 1.76. The summed E-state index contributed by atoms with van der Waals surface area (Å²) >= 11 is 0. The van der Waals surface area contributed by atoms with Gasteiger partial charge < -0.3 is 9.47 Å². The molecule has 2 aliphatic rings. The zero-order valence-corrected chi connectivity index (χ0v) is 15.1. The van der Waals surface area contributed by atoms with E-state index in [0.717, 1.165) is 31.2 Å². The number of hydrogen-bond acceptors (Lipinski definition) is 4. The maximum atomic E-state index is 12.9. The number of carbonyl (C=O) groups is 2. The standard InChI is InChI=1S/C20H27NO4/c1-3-24-18(22)17-13-15(2)21(20(17)11-7-8-12-20)19(23)25-14-16-9-5-4-6-10-16/h4-6,9-10,15,17H,3,7-8,11-14H2,1-2H3/t15-,17-/m0/s1. The third kappa shape index (κ3) is 3.37. The van der Waals surface area contributed by atoms with Gasteiger partial charge in [-0.1, -0.05) is 43.2 Å². The highest BCUT2D eigenvalue weighted by Crippen LogP contribution is 2.50. The van der Waals surface area contributed by atoms with Crippen molar-refractivity contribution < 1.29 is 19.1 Å². The molecule has 5 heteroatoms. The fraction of sp³-hybridized carbons (Fsp3) is 0.600. The van der Waals surface area contributed by atoms with E-state index < -0.39 is 5.54 Å². The van der Waals surface area contributed by atoms with Crippen LogP contribution in [0.4, 0.5) is 4.79 Å². The van der Waals surface area contributed by atoms with E-state index in [-0.39, 0.29) is 30.6 Å². The summed E-state index contributed by atoms with van der Waals surface area (Å²) in [5, 5.41) is 0. The summed E-state index contributed by atoms with van der Waals surface area (Å²) in [7, 11) is 0. The topological polar surface area (TPSA) is 55.8 Å². The summed E-state index contributed by atoms with van der Waals surface area (Å²) in [5.41, 5.74) is 0.532. The second-order valence-corrected chi connectivity index (χ2v) is 7.11. The van der Waals surface area contributed by atoms with E-state index in [1.165, 1.54) is 0 Å². The molecule has 0 unspecified atom stereocenters. The molecule has 2 fully saturated rings. The molecule has 2 atom stereocenters. The van der Waals surface area contributed by atoms with Crippen molar-refractivity contribution in [3.63, 3.8) is 0 Å². The summed E-state index contributed by atoms with van der Waals surface area (Å²) in [6.45, 7) is 4.45. The summed E-state index contributed by atoms with van der Waals surface area (Å²) in [4.78, 5) is 27.2. The number of nitrogens with zero attached hydrogens (tertiary/aromatic N) is 1. The predicted octanol–water partition coefficient (Wildman–Crippen LogP) is 3.91. The van der Waals surface area contributed by atoms with Crippen LogP contribution in [0, 0.1) is 5.92 Å². The molecule has 1 spiro atoms. The first-order chi connectivity index (χ1) is 12.1. The zero-order valence-electron chi connectivity index (χ0n) is 15.1. The smallest absolute Gasteiger partial charge is 0.410 e. The highest BCUT2D eigenvalue weighted by Gasteiger charge is 2.58. The van der Waals surface area contributed by atoms with Gasteiger partial charge in [-0.2, -0.15) is 0 Å². The Morgan fingerprint density at radius 3 is 2.48 bits per heavy atom. The third-order valence-corrected chi connectivity index (χ3v) is 5.59. The molecule has 0 bridgehead atoms. The van der Waals surface area contributed by atoms with Gasteiger partial charge in [0, 0.05) is 6.04 Å². The van der Waals surface area contributed by atoms with Crippen molar-refractivity contribution in [1.29, 1.82) is 0 Å². The first-order valence-corrected chi connectivity index (χ1v) is 9.25. The normalized spacial score (nSPS) is 24.5. The van der Waals surface area contributed by atoms with Gasteiger partial charge in [0.15, 0.2) is 0 Å². The molecule has 1 heterocycles. The largest absolute Gasteiger partial charge is 0.466 e. The Kier molecular flexibility index (Phi) is 5.30. The number of ether oxygens (including phenoxy) is 2. The van der Waals surface area contributed by atoms with Crippen LogP contribution in [-0.2, 0) is 20.9 Å². The molecule has 1 aromatic carbocycles. The second-order valence-electron chi connectivity index (χ2n) is 7.11. The van der Waals surface area contributed by atoms with Gasteiger partial charge in [-0.15, -0.1) is 0 Å². The van der Waals surface area contributed by atoms with Gasteiger partial charge in [0.05, 0.1) is 18.1 Å². The van der Waals surface area contributed by atoms with Crippen LogP contribution in [0.2, 0.25) is 0 Å². The Hall–Kier alpha value is -2.04. The van der Waals surface area contributed by atoms with E-state index in [0.29, 0.717) is 13.0 Å². The van der Waals surface area contributed by atoms with Crippen LogP contribution in [0.5, 0.6) is 0 Å². The van der Waals surface area contributed by atoms with Crippen LogP contribution in [0.25, 0.3) is 0 Å². The Morgan fingerprint density at radius 1 is 1.16 bits per heavy atom. The number of likely N-dealkylation sites (tertiary alicyclic amines) is 1. The summed E-state index contributed by atoms with van der Waals surface area (Å²) in [6.07, 6.45) is 4.10. The fourth-order valence-electron chi connectivity index (χ4n) is 4.56. The summed E-state index contributed by atoms with van der Waals surface area (Å²) in [6, 6.07) is 9.65. The molecule has 25 heavy (non-hydrogen) atoms. The van der Waals surface area contributed by atoms with Gasteiger partial charge in [0.2, 0.25) is 0 Å². The van der Waals surface area contributed by atoms with E-state index in [1.807, 2.05) is 49.1 Å². The van der Waals surface area contributed by atoms with Gasteiger partial charge in [0.1, 0.15) is 6.61 Å². The molecule has 1 aliphatic carbocycles. The van der Waals surface area contributed by atoms with Gasteiger partial charge in [-0.25, -0.2) is 4.79 Å². The number of amides is 1. The summed E-state index contributed by atoms with van der Waals surface area (Å²) in [5.74, 6) is -0.413. The molecule has 5 nitrogen and oxygen atoms in total. The third-order valence-electron chi connectivity index (χ3n) is 5.59. The highest BCUT2D eigenvalue weighted by molar-refractivity contribution is 5.78. The molecular weight excluding hydrogens is 318 g/mol. The van der Waals surface area contributed by atoms with Crippen molar-refractivity contribution in [3.8, 4) is 0 Å². The van der Waals surface area contributed by atoms with Crippen LogP contribution in [0.15, 0.2) is 30.3 Å². The van der Waals surface area contributed by atoms with Crippen molar-refractivity contribution in [2.24, 2.45) is 5.92 Å². The first kappa shape index (κ1) is 17.8. The highest BCUT2D eigenvalue weighted by atomic mass is 16.6. The Bertz CT molecular complexity index is 609. The Morgan fingerprint density at radius 2 is 1.84 bits per heavy atom. The molecule has 3 rings (SSSR count). The van der Waals surface area contributed by atoms with Gasteiger partial charge in [-0.3, -0.25) is 9.69 Å². The molecular formula is C20H27NO4. The van der Waals surface area contributed by atoms with E-state index >= 15 is 0 Å². The summed E-state index contributed by atoms with van der Waals surface area (Å²) < 4.78 is 10.9. The minimum Gasteiger partial charge on any atom is -0.466 e. The van der Waals surface area contributed by atoms with E-state index in [2.05, 4.69) is 0 Å². The van der Waals surface area contributed by atoms with Crippen molar-refractivity contribution in [1.82, 2.24) is 4.90 Å². The maximum absolute atomic E-state index is 12.9. The van der Waals surface area contributed by atoms with E-state index in [1.54, 1.807) is 0 Å². The molecule has 1 saturated heterocycles. The van der Waals surface area contributed by atoms with E-state index in [4.69, 9.17) is 9.47 Å². The van der Waals surface area contributed by atoms with Crippen LogP contribution in [0.1, 0.15) is 51.5 Å². The first-order valence-electron chi connectivity index (χ1n) is 9.25. The molecule has 136 valence electrons.